The summed E-state index contributed by atoms with van der Waals surface area (Å²) >= 11 is 0. The normalized spacial score (nSPS) is 10.1. The fourth-order valence-electron chi connectivity index (χ4n) is 1.81. The van der Waals surface area contributed by atoms with Gasteiger partial charge in [0.15, 0.2) is 0 Å². The van der Waals surface area contributed by atoms with Gasteiger partial charge >= 0.3 is 0 Å². The Labute approximate surface area is 127 Å². The molecular weight excluding hydrogens is 264 g/mol. The van der Waals surface area contributed by atoms with E-state index in [0.717, 1.165) is 11.1 Å². The van der Waals surface area contributed by atoms with Crippen LogP contribution in [0.1, 0.15) is 35.3 Å². The van der Waals surface area contributed by atoms with E-state index in [0.29, 0.717) is 37.8 Å². The van der Waals surface area contributed by atoms with Gasteiger partial charge in [-0.2, -0.15) is 0 Å². The van der Waals surface area contributed by atoms with Gasteiger partial charge in [-0.15, -0.1) is 0 Å². The number of carbonyl (C=O) groups is 1. The molecule has 0 atom stereocenters. The summed E-state index contributed by atoms with van der Waals surface area (Å²) in [7, 11) is 0. The molecule has 21 heavy (non-hydrogen) atoms. The second-order valence-electron chi connectivity index (χ2n) is 5.21. The fourth-order valence-corrected chi connectivity index (χ4v) is 1.81. The van der Waals surface area contributed by atoms with Gasteiger partial charge in [0.1, 0.15) is 0 Å². The summed E-state index contributed by atoms with van der Waals surface area (Å²) in [6.45, 7) is 8.12. The first kappa shape index (κ1) is 17.2. The topological polar surface area (TPSA) is 64.4 Å². The lowest BCUT2D eigenvalue weighted by molar-refractivity contribution is 0.0885. The molecule has 0 aliphatic heterocycles. The molecule has 0 fully saturated rings. The second kappa shape index (κ2) is 9.17. The van der Waals surface area contributed by atoms with Gasteiger partial charge in [-0.1, -0.05) is 31.8 Å². The number of nitrogens with one attached hydrogen (secondary N) is 1. The Morgan fingerprint density at radius 1 is 1.43 bits per heavy atom. The number of benzene rings is 1. The number of nitrogens with two attached hydrogens (primary N) is 1. The molecule has 0 saturated carbocycles. The SMILES string of the molecule is Cc1c(C#CCN)cccc1C(=O)NCCOCC(C)C. The van der Waals surface area contributed by atoms with Gasteiger partial charge in [-0.25, -0.2) is 0 Å². The highest BCUT2D eigenvalue weighted by Crippen LogP contribution is 2.12. The quantitative estimate of drug-likeness (QED) is 0.618. The lowest BCUT2D eigenvalue weighted by Crippen LogP contribution is -2.28. The van der Waals surface area contributed by atoms with Crippen molar-refractivity contribution in [3.8, 4) is 11.8 Å². The molecule has 0 aliphatic carbocycles. The Morgan fingerprint density at radius 3 is 2.86 bits per heavy atom. The van der Waals surface area contributed by atoms with E-state index in [2.05, 4.69) is 31.0 Å². The third kappa shape index (κ3) is 5.99. The zero-order valence-electron chi connectivity index (χ0n) is 13.0. The third-order valence-electron chi connectivity index (χ3n) is 2.89. The molecule has 0 spiro atoms. The van der Waals surface area contributed by atoms with Gasteiger partial charge in [-0.05, 0) is 30.5 Å². The highest BCUT2D eigenvalue weighted by Gasteiger charge is 2.10. The molecule has 1 aromatic rings. The smallest absolute Gasteiger partial charge is 0.251 e. The van der Waals surface area contributed by atoms with Gasteiger partial charge in [0.25, 0.3) is 5.91 Å². The number of hydrogen-bond donors (Lipinski definition) is 2. The van der Waals surface area contributed by atoms with E-state index >= 15 is 0 Å². The summed E-state index contributed by atoms with van der Waals surface area (Å²) < 4.78 is 5.44. The van der Waals surface area contributed by atoms with Crippen LogP contribution in [0.4, 0.5) is 0 Å². The number of rotatable bonds is 6. The summed E-state index contributed by atoms with van der Waals surface area (Å²) in [5.41, 5.74) is 7.73. The lowest BCUT2D eigenvalue weighted by Gasteiger charge is -2.10. The van der Waals surface area contributed by atoms with Crippen LogP contribution in [0.15, 0.2) is 18.2 Å². The Morgan fingerprint density at radius 2 is 2.19 bits per heavy atom. The molecule has 1 rings (SSSR count). The molecule has 0 aliphatic rings. The molecule has 4 heteroatoms. The zero-order valence-corrected chi connectivity index (χ0v) is 13.0. The zero-order chi connectivity index (χ0) is 15.7. The van der Waals surface area contributed by atoms with Crippen molar-refractivity contribution in [3.05, 3.63) is 34.9 Å². The van der Waals surface area contributed by atoms with Gasteiger partial charge in [0, 0.05) is 24.3 Å². The van der Waals surface area contributed by atoms with Crippen LogP contribution >= 0.6 is 0 Å². The van der Waals surface area contributed by atoms with Crippen molar-refractivity contribution in [2.75, 3.05) is 26.3 Å². The molecule has 0 aromatic heterocycles. The number of ether oxygens (including phenoxy) is 1. The summed E-state index contributed by atoms with van der Waals surface area (Å²) in [6.07, 6.45) is 0. The minimum absolute atomic E-state index is 0.1000. The molecular formula is C17H24N2O2. The van der Waals surface area contributed by atoms with Crippen molar-refractivity contribution in [1.82, 2.24) is 5.32 Å². The number of carbonyl (C=O) groups excluding carboxylic acids is 1. The average molecular weight is 288 g/mol. The predicted molar refractivity (Wildman–Crippen MR) is 85.1 cm³/mol. The van der Waals surface area contributed by atoms with Crippen LogP contribution < -0.4 is 11.1 Å². The van der Waals surface area contributed by atoms with E-state index in [1.807, 2.05) is 19.1 Å². The van der Waals surface area contributed by atoms with E-state index in [1.165, 1.54) is 0 Å². The van der Waals surface area contributed by atoms with Crippen molar-refractivity contribution in [2.45, 2.75) is 20.8 Å². The average Bonchev–Trinajstić information content (AvgIpc) is 2.45. The highest BCUT2D eigenvalue weighted by molar-refractivity contribution is 5.96. The molecule has 0 radical (unpaired) electrons. The highest BCUT2D eigenvalue weighted by atomic mass is 16.5. The molecule has 1 amide bonds. The van der Waals surface area contributed by atoms with Gasteiger partial charge < -0.3 is 15.8 Å². The third-order valence-corrected chi connectivity index (χ3v) is 2.89. The first-order valence-corrected chi connectivity index (χ1v) is 7.20. The first-order valence-electron chi connectivity index (χ1n) is 7.20. The Hall–Kier alpha value is -1.83. The Balaban J connectivity index is 2.58. The summed E-state index contributed by atoms with van der Waals surface area (Å²) in [4.78, 5) is 12.1. The minimum Gasteiger partial charge on any atom is -0.379 e. The minimum atomic E-state index is -0.1000. The summed E-state index contributed by atoms with van der Waals surface area (Å²) in [5.74, 6) is 6.19. The van der Waals surface area contributed by atoms with Crippen LogP contribution in [0.5, 0.6) is 0 Å². The lowest BCUT2D eigenvalue weighted by atomic mass is 10.0. The van der Waals surface area contributed by atoms with Gasteiger partial charge in [0.05, 0.1) is 13.2 Å². The first-order chi connectivity index (χ1) is 10.1. The van der Waals surface area contributed by atoms with Crippen LogP contribution in [0.25, 0.3) is 0 Å². The van der Waals surface area contributed by atoms with E-state index in [9.17, 15) is 4.79 Å². The standard InChI is InChI=1S/C17H24N2O2/c1-13(2)12-21-11-10-19-17(20)16-8-4-6-15(14(16)3)7-5-9-18/h4,6,8,13H,9-12,18H2,1-3H3,(H,19,20). The van der Waals surface area contributed by atoms with Crippen molar-refractivity contribution in [2.24, 2.45) is 11.7 Å². The summed E-state index contributed by atoms with van der Waals surface area (Å²) in [6, 6.07) is 5.52. The largest absolute Gasteiger partial charge is 0.379 e. The van der Waals surface area contributed by atoms with Crippen LogP contribution in [0.2, 0.25) is 0 Å². The summed E-state index contributed by atoms with van der Waals surface area (Å²) in [5, 5.41) is 2.86. The number of hydrogen-bond acceptors (Lipinski definition) is 3. The molecule has 0 saturated heterocycles. The molecule has 3 N–H and O–H groups in total. The Bertz CT molecular complexity index is 527. The molecule has 1 aromatic carbocycles. The maximum absolute atomic E-state index is 12.1. The maximum atomic E-state index is 12.1. The van der Waals surface area contributed by atoms with Crippen LogP contribution in [-0.4, -0.2) is 32.2 Å². The fraction of sp³-hybridized carbons (Fsp3) is 0.471. The van der Waals surface area contributed by atoms with Crippen LogP contribution in [0.3, 0.4) is 0 Å². The van der Waals surface area contributed by atoms with E-state index in [4.69, 9.17) is 10.5 Å². The molecule has 0 bridgehead atoms. The molecule has 0 unspecified atom stereocenters. The van der Waals surface area contributed by atoms with Crippen molar-refractivity contribution in [1.29, 1.82) is 0 Å². The maximum Gasteiger partial charge on any atom is 0.251 e. The monoisotopic (exact) mass is 288 g/mol. The molecule has 114 valence electrons. The molecule has 0 heterocycles. The van der Waals surface area contributed by atoms with Crippen molar-refractivity contribution >= 4 is 5.91 Å². The van der Waals surface area contributed by atoms with Crippen LogP contribution in [-0.2, 0) is 4.74 Å². The van der Waals surface area contributed by atoms with E-state index < -0.39 is 0 Å². The van der Waals surface area contributed by atoms with Crippen LogP contribution in [0, 0.1) is 24.7 Å². The predicted octanol–water partition coefficient (Wildman–Crippen LogP) is 1.71. The van der Waals surface area contributed by atoms with Gasteiger partial charge in [0.2, 0.25) is 0 Å². The number of amides is 1. The van der Waals surface area contributed by atoms with Crippen molar-refractivity contribution < 1.29 is 9.53 Å². The van der Waals surface area contributed by atoms with E-state index in [1.54, 1.807) is 6.07 Å². The Kier molecular flexibility index (Phi) is 7.52. The van der Waals surface area contributed by atoms with E-state index in [-0.39, 0.29) is 5.91 Å². The van der Waals surface area contributed by atoms with Crippen molar-refractivity contribution in [3.63, 3.8) is 0 Å². The molecule has 4 nitrogen and oxygen atoms in total. The van der Waals surface area contributed by atoms with Gasteiger partial charge in [-0.3, -0.25) is 4.79 Å². The second-order valence-corrected chi connectivity index (χ2v) is 5.21.